The molecule has 11 nitrogen and oxygen atoms in total. The van der Waals surface area contributed by atoms with Crippen LogP contribution < -0.4 is 16.2 Å². The van der Waals surface area contributed by atoms with Crippen LogP contribution in [0.3, 0.4) is 0 Å². The van der Waals surface area contributed by atoms with Crippen molar-refractivity contribution in [1.82, 2.24) is 29.2 Å². The fourth-order valence-electron chi connectivity index (χ4n) is 5.54. The van der Waals surface area contributed by atoms with Gasteiger partial charge in [-0.2, -0.15) is 0 Å². The predicted octanol–water partition coefficient (Wildman–Crippen LogP) is 2.65. The smallest absolute Gasteiger partial charge is 0.278 e. The molecule has 4 N–H and O–H groups in total. The zero-order valence-electron chi connectivity index (χ0n) is 23.9. The molecule has 0 saturated carbocycles. The number of nitrogen functional groups attached to an aromatic ring is 1. The van der Waals surface area contributed by atoms with Crippen LogP contribution in [0.25, 0.3) is 16.9 Å². The summed E-state index contributed by atoms with van der Waals surface area (Å²) in [6, 6.07) is 9.39. The fourth-order valence-corrected chi connectivity index (χ4v) is 6.35. The highest BCUT2D eigenvalue weighted by Crippen LogP contribution is 2.32. The van der Waals surface area contributed by atoms with Crippen molar-refractivity contribution in [2.24, 2.45) is 0 Å². The predicted molar refractivity (Wildman–Crippen MR) is 165 cm³/mol. The van der Waals surface area contributed by atoms with Crippen LogP contribution in [0.2, 0.25) is 0 Å². The first-order valence-electron chi connectivity index (χ1n) is 14.2. The van der Waals surface area contributed by atoms with Crippen molar-refractivity contribution in [3.8, 4) is 5.82 Å². The van der Waals surface area contributed by atoms with Gasteiger partial charge in [-0.3, -0.25) is 4.79 Å². The molecule has 2 aliphatic heterocycles. The number of aromatic nitrogens is 5. The number of pyridine rings is 1. The van der Waals surface area contributed by atoms with Gasteiger partial charge in [-0.25, -0.2) is 24.3 Å². The van der Waals surface area contributed by atoms with E-state index < -0.39 is 5.60 Å². The van der Waals surface area contributed by atoms with Crippen LogP contribution >= 0.6 is 11.8 Å². The molecule has 0 amide bonds. The van der Waals surface area contributed by atoms with E-state index >= 15 is 0 Å². The first-order chi connectivity index (χ1) is 20.2. The highest BCUT2D eigenvalue weighted by Gasteiger charge is 2.26. The Morgan fingerprint density at radius 2 is 1.90 bits per heavy atom. The van der Waals surface area contributed by atoms with Crippen molar-refractivity contribution >= 4 is 34.2 Å². The maximum Gasteiger partial charge on any atom is 0.278 e. The molecule has 2 aliphatic rings. The number of anilines is 2. The number of nitrogens with zero attached hydrogens (tertiary/aromatic N) is 7. The molecule has 0 spiro atoms. The lowest BCUT2D eigenvalue weighted by atomic mass is 9.95. The van der Waals surface area contributed by atoms with Gasteiger partial charge < -0.3 is 25.7 Å². The number of nitrogens with two attached hydrogens (primary N) is 1. The Balaban J connectivity index is 1.36. The molecule has 0 unspecified atom stereocenters. The van der Waals surface area contributed by atoms with E-state index in [2.05, 4.69) is 27.9 Å². The summed E-state index contributed by atoms with van der Waals surface area (Å²) in [7, 11) is 2.11. The van der Waals surface area contributed by atoms with Gasteiger partial charge in [0.25, 0.3) is 5.56 Å². The number of benzene rings is 1. The lowest BCUT2D eigenvalue weighted by Gasteiger charge is -2.35. The fraction of sp³-hybridized carbons (Fsp3) is 0.400. The number of thioether (sulfide) groups is 1. The standard InChI is InChI=1S/C30H36N8O3S/c1-30(41)9-4-3-5-10-37-28(40)22-17-32-29(34-27(22)38(37)26-8-6-7-25(30)33-26)42-19-21-16-24(20(18-39)15-23(21)31)36-13-11-35(2)12-14-36/h3,5-8,15-17,39,41H,4,9-14,18-19,31H2,1-2H3/b5-3-/t30-/m1/s1. The summed E-state index contributed by atoms with van der Waals surface area (Å²) in [6.07, 6.45) is 6.66. The van der Waals surface area contributed by atoms with Crippen molar-refractivity contribution in [3.05, 3.63) is 75.9 Å². The Labute approximate surface area is 248 Å². The third kappa shape index (κ3) is 5.42. The van der Waals surface area contributed by atoms with Gasteiger partial charge in [-0.15, -0.1) is 0 Å². The molecule has 5 heterocycles. The van der Waals surface area contributed by atoms with Crippen LogP contribution in [-0.4, -0.2) is 72.7 Å². The molecule has 2 bridgehead atoms. The van der Waals surface area contributed by atoms with E-state index in [-0.39, 0.29) is 12.2 Å². The number of aliphatic hydroxyl groups excluding tert-OH is 1. The Bertz CT molecular complexity index is 1700. The van der Waals surface area contributed by atoms with Crippen molar-refractivity contribution in [2.75, 3.05) is 43.9 Å². The molecule has 1 aromatic carbocycles. The van der Waals surface area contributed by atoms with E-state index in [1.807, 2.05) is 30.4 Å². The molecule has 12 heteroatoms. The minimum atomic E-state index is -1.11. The Kier molecular flexibility index (Phi) is 7.79. The van der Waals surface area contributed by atoms with Crippen molar-refractivity contribution in [3.63, 3.8) is 0 Å². The molecule has 0 radical (unpaired) electrons. The van der Waals surface area contributed by atoms with Crippen LogP contribution in [0, 0.1) is 0 Å². The molecule has 0 aliphatic carbocycles. The van der Waals surface area contributed by atoms with Gasteiger partial charge in [0.05, 0.1) is 18.8 Å². The topological polar surface area (TPSA) is 139 Å². The second-order valence-corrected chi connectivity index (χ2v) is 12.1. The second kappa shape index (κ2) is 11.5. The monoisotopic (exact) mass is 588 g/mol. The summed E-state index contributed by atoms with van der Waals surface area (Å²) in [6.45, 7) is 5.71. The molecule has 1 atom stereocenters. The number of fused-ring (bicyclic) bond motifs is 6. The van der Waals surface area contributed by atoms with Gasteiger partial charge in [0.1, 0.15) is 11.0 Å². The highest BCUT2D eigenvalue weighted by atomic mass is 32.2. The summed E-state index contributed by atoms with van der Waals surface area (Å²) >= 11 is 1.44. The second-order valence-electron chi connectivity index (χ2n) is 11.2. The van der Waals surface area contributed by atoms with Crippen LogP contribution in [0.4, 0.5) is 11.4 Å². The van der Waals surface area contributed by atoms with Crippen LogP contribution in [0.15, 0.2) is 58.6 Å². The SMILES string of the molecule is CN1CCN(c2cc(CSc3ncc4c(=O)n5n(c4n3)-c3cccc(n3)[C@](C)(O)CC/C=C\C5)c(N)cc2CO)CC1. The largest absolute Gasteiger partial charge is 0.398 e. The van der Waals surface area contributed by atoms with Gasteiger partial charge in [-0.1, -0.05) is 30.0 Å². The van der Waals surface area contributed by atoms with E-state index in [4.69, 9.17) is 15.7 Å². The van der Waals surface area contributed by atoms with Crippen molar-refractivity contribution < 1.29 is 10.2 Å². The van der Waals surface area contributed by atoms with Gasteiger partial charge in [0.2, 0.25) is 0 Å². The van der Waals surface area contributed by atoms with E-state index in [0.717, 1.165) is 43.0 Å². The minimum absolute atomic E-state index is 0.0759. The van der Waals surface area contributed by atoms with Gasteiger partial charge >= 0.3 is 0 Å². The van der Waals surface area contributed by atoms with Gasteiger partial charge in [0, 0.05) is 55.1 Å². The summed E-state index contributed by atoms with van der Waals surface area (Å²) in [5, 5.41) is 22.0. The minimum Gasteiger partial charge on any atom is -0.398 e. The number of hydrogen-bond donors (Lipinski definition) is 3. The van der Waals surface area contributed by atoms with Crippen LogP contribution in [0.1, 0.15) is 36.6 Å². The summed E-state index contributed by atoms with van der Waals surface area (Å²) in [5.74, 6) is 1.03. The molecule has 220 valence electrons. The summed E-state index contributed by atoms with van der Waals surface area (Å²) < 4.78 is 3.32. The number of rotatable bonds is 5. The maximum absolute atomic E-state index is 13.4. The van der Waals surface area contributed by atoms with E-state index in [1.54, 1.807) is 28.6 Å². The Hall–Kier alpha value is -3.71. The Morgan fingerprint density at radius 3 is 2.69 bits per heavy atom. The Morgan fingerprint density at radius 1 is 1.10 bits per heavy atom. The zero-order chi connectivity index (χ0) is 29.4. The average molecular weight is 589 g/mol. The zero-order valence-corrected chi connectivity index (χ0v) is 24.7. The number of likely N-dealkylation sites (N-methyl/N-ethyl adjacent to an activating group) is 1. The first-order valence-corrected chi connectivity index (χ1v) is 15.2. The normalized spacial score (nSPS) is 20.3. The lowest BCUT2D eigenvalue weighted by molar-refractivity contribution is 0.0443. The average Bonchev–Trinajstić information content (AvgIpc) is 3.26. The summed E-state index contributed by atoms with van der Waals surface area (Å²) in [5.41, 5.74) is 9.47. The number of piperazine rings is 1. The van der Waals surface area contributed by atoms with E-state index in [1.165, 1.54) is 11.8 Å². The van der Waals surface area contributed by atoms with Crippen molar-refractivity contribution in [1.29, 1.82) is 0 Å². The summed E-state index contributed by atoms with van der Waals surface area (Å²) in [4.78, 5) is 32.1. The van der Waals surface area contributed by atoms with Crippen molar-refractivity contribution in [2.45, 2.75) is 49.4 Å². The van der Waals surface area contributed by atoms with E-state index in [9.17, 15) is 15.0 Å². The lowest BCUT2D eigenvalue weighted by Crippen LogP contribution is -2.44. The highest BCUT2D eigenvalue weighted by molar-refractivity contribution is 7.98. The molecule has 42 heavy (non-hydrogen) atoms. The van der Waals surface area contributed by atoms with Gasteiger partial charge in [0.15, 0.2) is 16.6 Å². The third-order valence-electron chi connectivity index (χ3n) is 8.11. The van der Waals surface area contributed by atoms with Crippen LogP contribution in [-0.2, 0) is 24.5 Å². The third-order valence-corrected chi connectivity index (χ3v) is 9.02. The molecule has 1 fully saturated rings. The maximum atomic E-state index is 13.4. The molecule has 4 aromatic rings. The molecular weight excluding hydrogens is 552 g/mol. The molecule has 3 aromatic heterocycles. The number of aliphatic hydroxyl groups is 2. The van der Waals surface area contributed by atoms with Crippen LogP contribution in [0.5, 0.6) is 0 Å². The molecular formula is C30H36N8O3S. The molecule has 1 saturated heterocycles. The quantitative estimate of drug-likeness (QED) is 0.138. The first kappa shape index (κ1) is 28.4. The number of allylic oxidation sites excluding steroid dienone is 2. The van der Waals surface area contributed by atoms with Gasteiger partial charge in [-0.05, 0) is 56.6 Å². The number of hydrogen-bond acceptors (Lipinski definition) is 10. The van der Waals surface area contributed by atoms with E-state index in [0.29, 0.717) is 58.5 Å². The molecule has 6 rings (SSSR count).